The first-order chi connectivity index (χ1) is 12.8. The highest BCUT2D eigenvalue weighted by atomic mass is 19.3. The standard InChI is InChI=1S/C17H19F2N5O3/c1-22-12-6-10(14(25)23-8-17(18,19)9-23)7-21-13(12)24(16(27)15(22)26)11-2-4-20-5-3-11/h6-7,11,20H,2-5,8-9H2,1H3. The lowest BCUT2D eigenvalue weighted by Gasteiger charge is -2.38. The number of carbonyl (C=O) groups excluding carboxylic acids is 1. The first-order valence-corrected chi connectivity index (χ1v) is 8.77. The van der Waals surface area contributed by atoms with Gasteiger partial charge in [-0.25, -0.2) is 13.8 Å². The molecule has 2 aliphatic heterocycles. The summed E-state index contributed by atoms with van der Waals surface area (Å²) >= 11 is 0. The van der Waals surface area contributed by atoms with E-state index >= 15 is 0 Å². The lowest BCUT2D eigenvalue weighted by Crippen LogP contribution is -2.58. The molecule has 2 fully saturated rings. The first-order valence-electron chi connectivity index (χ1n) is 8.77. The third-order valence-corrected chi connectivity index (χ3v) is 5.20. The van der Waals surface area contributed by atoms with Gasteiger partial charge in [0.1, 0.15) is 0 Å². The number of amides is 1. The number of rotatable bonds is 2. The van der Waals surface area contributed by atoms with Crippen molar-refractivity contribution in [2.45, 2.75) is 24.8 Å². The number of aromatic nitrogens is 3. The predicted molar refractivity (Wildman–Crippen MR) is 93.2 cm³/mol. The van der Waals surface area contributed by atoms with Crippen LogP contribution in [-0.4, -0.2) is 57.0 Å². The maximum absolute atomic E-state index is 13.0. The van der Waals surface area contributed by atoms with E-state index in [-0.39, 0.29) is 11.6 Å². The highest BCUT2D eigenvalue weighted by molar-refractivity contribution is 5.97. The Bertz CT molecular complexity index is 1030. The Hall–Kier alpha value is -2.62. The van der Waals surface area contributed by atoms with Gasteiger partial charge in [-0.2, -0.15) is 0 Å². The lowest BCUT2D eigenvalue weighted by atomic mass is 10.1. The third-order valence-electron chi connectivity index (χ3n) is 5.20. The van der Waals surface area contributed by atoms with Gasteiger partial charge in [-0.3, -0.25) is 19.0 Å². The third kappa shape index (κ3) is 2.93. The Balaban J connectivity index is 1.81. The van der Waals surface area contributed by atoms with E-state index in [1.54, 1.807) is 0 Å². The molecule has 0 bridgehead atoms. The number of fused-ring (bicyclic) bond motifs is 1. The van der Waals surface area contributed by atoms with Crippen LogP contribution in [0.1, 0.15) is 29.2 Å². The fraction of sp³-hybridized carbons (Fsp3) is 0.529. The fourth-order valence-electron chi connectivity index (χ4n) is 3.69. The molecule has 1 amide bonds. The molecule has 4 rings (SSSR count). The summed E-state index contributed by atoms with van der Waals surface area (Å²) in [7, 11) is 1.44. The minimum absolute atomic E-state index is 0.114. The lowest BCUT2D eigenvalue weighted by molar-refractivity contribution is -0.113. The zero-order valence-electron chi connectivity index (χ0n) is 14.7. The second kappa shape index (κ2) is 6.22. The van der Waals surface area contributed by atoms with Crippen LogP contribution in [0, 0.1) is 0 Å². The maximum atomic E-state index is 13.0. The number of piperidine rings is 1. The molecule has 144 valence electrons. The molecule has 2 aromatic heterocycles. The van der Waals surface area contributed by atoms with E-state index in [9.17, 15) is 23.2 Å². The molecule has 0 unspecified atom stereocenters. The average Bonchev–Trinajstić information content (AvgIpc) is 2.64. The zero-order chi connectivity index (χ0) is 19.3. The van der Waals surface area contributed by atoms with Crippen LogP contribution in [0.5, 0.6) is 0 Å². The van der Waals surface area contributed by atoms with Crippen molar-refractivity contribution in [3.63, 3.8) is 0 Å². The topological polar surface area (TPSA) is 89.2 Å². The molecule has 2 aromatic rings. The number of likely N-dealkylation sites (tertiary alicyclic amines) is 1. The van der Waals surface area contributed by atoms with Gasteiger partial charge in [0.25, 0.3) is 11.8 Å². The van der Waals surface area contributed by atoms with Gasteiger partial charge in [-0.15, -0.1) is 0 Å². The minimum atomic E-state index is -2.86. The van der Waals surface area contributed by atoms with Gasteiger partial charge in [0.2, 0.25) is 0 Å². The number of alkyl halides is 2. The van der Waals surface area contributed by atoms with E-state index in [1.807, 2.05) is 0 Å². The van der Waals surface area contributed by atoms with Gasteiger partial charge in [-0.05, 0) is 32.0 Å². The van der Waals surface area contributed by atoms with Crippen molar-refractivity contribution in [2.24, 2.45) is 7.05 Å². The van der Waals surface area contributed by atoms with Crippen LogP contribution in [0.2, 0.25) is 0 Å². The molecule has 0 aromatic carbocycles. The minimum Gasteiger partial charge on any atom is -0.326 e. The summed E-state index contributed by atoms with van der Waals surface area (Å²) in [6.07, 6.45) is 2.66. The Kier molecular flexibility index (Phi) is 4.10. The van der Waals surface area contributed by atoms with Crippen molar-refractivity contribution in [3.8, 4) is 0 Å². The van der Waals surface area contributed by atoms with Crippen molar-refractivity contribution < 1.29 is 13.6 Å². The predicted octanol–water partition coefficient (Wildman–Crippen LogP) is 0.111. The molecule has 2 aliphatic rings. The van der Waals surface area contributed by atoms with E-state index < -0.39 is 36.0 Å². The van der Waals surface area contributed by atoms with Crippen molar-refractivity contribution in [1.82, 2.24) is 24.3 Å². The molecule has 10 heteroatoms. The zero-order valence-corrected chi connectivity index (χ0v) is 14.7. The summed E-state index contributed by atoms with van der Waals surface area (Å²) in [5.41, 5.74) is -0.590. The largest absolute Gasteiger partial charge is 0.326 e. The van der Waals surface area contributed by atoms with Crippen LogP contribution in [0.25, 0.3) is 11.2 Å². The van der Waals surface area contributed by atoms with Gasteiger partial charge >= 0.3 is 11.1 Å². The molecule has 0 aliphatic carbocycles. The van der Waals surface area contributed by atoms with Crippen molar-refractivity contribution >= 4 is 17.1 Å². The number of aryl methyl sites for hydroxylation is 1. The summed E-state index contributed by atoms with van der Waals surface area (Å²) in [4.78, 5) is 42.7. The van der Waals surface area contributed by atoms with E-state index in [4.69, 9.17) is 0 Å². The van der Waals surface area contributed by atoms with Gasteiger partial charge in [0.05, 0.1) is 24.2 Å². The Morgan fingerprint density at radius 2 is 1.89 bits per heavy atom. The highest BCUT2D eigenvalue weighted by Crippen LogP contribution is 2.28. The van der Waals surface area contributed by atoms with Crippen molar-refractivity contribution in [3.05, 3.63) is 38.5 Å². The summed E-state index contributed by atoms with van der Waals surface area (Å²) in [5, 5.41) is 3.20. The second-order valence-corrected chi connectivity index (χ2v) is 7.10. The van der Waals surface area contributed by atoms with Crippen LogP contribution in [0.4, 0.5) is 8.78 Å². The number of halogens is 2. The molecular weight excluding hydrogens is 360 g/mol. The molecular formula is C17H19F2N5O3. The van der Waals surface area contributed by atoms with Crippen LogP contribution in [0.15, 0.2) is 21.9 Å². The average molecular weight is 379 g/mol. The van der Waals surface area contributed by atoms with Crippen molar-refractivity contribution in [2.75, 3.05) is 26.2 Å². The summed E-state index contributed by atoms with van der Waals surface area (Å²) in [6, 6.07) is 1.29. The van der Waals surface area contributed by atoms with Gasteiger partial charge < -0.3 is 14.8 Å². The number of nitrogens with zero attached hydrogens (tertiary/aromatic N) is 4. The molecule has 0 spiro atoms. The maximum Gasteiger partial charge on any atom is 0.318 e. The van der Waals surface area contributed by atoms with E-state index in [0.29, 0.717) is 24.0 Å². The second-order valence-electron chi connectivity index (χ2n) is 7.10. The fourth-order valence-corrected chi connectivity index (χ4v) is 3.69. The normalized spacial score (nSPS) is 19.9. The van der Waals surface area contributed by atoms with E-state index in [0.717, 1.165) is 22.6 Å². The summed E-state index contributed by atoms with van der Waals surface area (Å²) < 4.78 is 28.6. The number of hydrogen-bond acceptors (Lipinski definition) is 5. The first kappa shape index (κ1) is 17.8. The van der Waals surface area contributed by atoms with Gasteiger partial charge in [-0.1, -0.05) is 0 Å². The molecule has 1 N–H and O–H groups in total. The Labute approximate surface area is 152 Å². The molecule has 27 heavy (non-hydrogen) atoms. The molecule has 0 atom stereocenters. The highest BCUT2D eigenvalue weighted by Gasteiger charge is 2.46. The molecule has 4 heterocycles. The van der Waals surface area contributed by atoms with Gasteiger partial charge in [0.15, 0.2) is 5.65 Å². The number of carbonyl (C=O) groups is 1. The summed E-state index contributed by atoms with van der Waals surface area (Å²) in [6.45, 7) is 0.204. The number of nitrogens with one attached hydrogen (secondary N) is 1. The SMILES string of the molecule is Cn1c(=O)c(=O)n(C2CCNCC2)c2ncc(C(=O)N3CC(F)(F)C3)cc21. The Morgan fingerprint density at radius 3 is 2.52 bits per heavy atom. The van der Waals surface area contributed by atoms with Crippen molar-refractivity contribution in [1.29, 1.82) is 0 Å². The van der Waals surface area contributed by atoms with Gasteiger partial charge in [0, 0.05) is 19.3 Å². The number of hydrogen-bond donors (Lipinski definition) is 1. The smallest absolute Gasteiger partial charge is 0.318 e. The van der Waals surface area contributed by atoms with Crippen LogP contribution >= 0.6 is 0 Å². The molecule has 8 nitrogen and oxygen atoms in total. The Morgan fingerprint density at radius 1 is 1.22 bits per heavy atom. The van der Waals surface area contributed by atoms with E-state index in [2.05, 4.69) is 10.3 Å². The quantitative estimate of drug-likeness (QED) is 0.749. The van der Waals surface area contributed by atoms with Crippen LogP contribution in [-0.2, 0) is 7.05 Å². The monoisotopic (exact) mass is 379 g/mol. The van der Waals surface area contributed by atoms with Crippen LogP contribution < -0.4 is 16.4 Å². The molecule has 2 saturated heterocycles. The molecule has 0 saturated carbocycles. The number of pyridine rings is 1. The van der Waals surface area contributed by atoms with Crippen LogP contribution in [0.3, 0.4) is 0 Å². The molecule has 0 radical (unpaired) electrons. The van der Waals surface area contributed by atoms with E-state index in [1.165, 1.54) is 23.9 Å². The summed E-state index contributed by atoms with van der Waals surface area (Å²) in [5.74, 6) is -3.43.